The summed E-state index contributed by atoms with van der Waals surface area (Å²) in [6, 6.07) is 0. The molecule has 0 heterocycles. The summed E-state index contributed by atoms with van der Waals surface area (Å²) in [6.45, 7) is 6.15. The second-order valence-electron chi connectivity index (χ2n) is 4.22. The Morgan fingerprint density at radius 3 is 2.83 bits per heavy atom. The van der Waals surface area contributed by atoms with Gasteiger partial charge in [-0.15, -0.1) is 6.58 Å². The first-order chi connectivity index (χ1) is 5.85. The van der Waals surface area contributed by atoms with E-state index in [0.29, 0.717) is 0 Å². The Bertz CT molecular complexity index is 212. The first kappa shape index (κ1) is 8.10. The van der Waals surface area contributed by atoms with Crippen LogP contribution in [0.4, 0.5) is 0 Å². The van der Waals surface area contributed by atoms with E-state index in [1.807, 2.05) is 0 Å². The van der Waals surface area contributed by atoms with E-state index in [1.54, 1.807) is 5.57 Å². The van der Waals surface area contributed by atoms with Crippen LogP contribution in [0.15, 0.2) is 24.3 Å². The molecule has 0 spiro atoms. The largest absolute Gasteiger partial charge is 0.103 e. The van der Waals surface area contributed by atoms with Crippen LogP contribution in [-0.4, -0.2) is 0 Å². The van der Waals surface area contributed by atoms with Gasteiger partial charge in [-0.05, 0) is 43.4 Å². The molecule has 2 fully saturated rings. The molecule has 2 saturated carbocycles. The fraction of sp³-hybridized carbons (Fsp3) is 0.667. The van der Waals surface area contributed by atoms with Crippen molar-refractivity contribution in [3.63, 3.8) is 0 Å². The highest BCUT2D eigenvalue weighted by molar-refractivity contribution is 5.19. The van der Waals surface area contributed by atoms with E-state index in [-0.39, 0.29) is 0 Å². The third-order valence-corrected chi connectivity index (χ3v) is 3.54. The standard InChI is InChI=1S/C12H18/c1-3-5-10-7-11-8-12(10)6-9(11)4-2/h4-5,9,11-12H,2-3,6-8H2,1H3. The Morgan fingerprint density at radius 1 is 1.50 bits per heavy atom. The maximum atomic E-state index is 3.91. The summed E-state index contributed by atoms with van der Waals surface area (Å²) in [4.78, 5) is 0. The quantitative estimate of drug-likeness (QED) is 0.545. The van der Waals surface area contributed by atoms with Crippen LogP contribution in [-0.2, 0) is 0 Å². The molecule has 0 amide bonds. The summed E-state index contributed by atoms with van der Waals surface area (Å²) in [7, 11) is 0. The van der Waals surface area contributed by atoms with Crippen molar-refractivity contribution in [1.29, 1.82) is 0 Å². The smallest absolute Gasteiger partial charge is 0.0194 e. The molecule has 0 aliphatic heterocycles. The van der Waals surface area contributed by atoms with Crippen molar-refractivity contribution >= 4 is 0 Å². The van der Waals surface area contributed by atoms with Crippen molar-refractivity contribution in [3.05, 3.63) is 24.3 Å². The van der Waals surface area contributed by atoms with Gasteiger partial charge in [0.2, 0.25) is 0 Å². The Hall–Kier alpha value is -0.520. The normalized spacial score (nSPS) is 42.4. The monoisotopic (exact) mass is 162 g/mol. The molecule has 0 N–H and O–H groups in total. The molecule has 0 aromatic rings. The Morgan fingerprint density at radius 2 is 2.33 bits per heavy atom. The predicted octanol–water partition coefficient (Wildman–Crippen LogP) is 3.55. The van der Waals surface area contributed by atoms with Crippen molar-refractivity contribution in [1.82, 2.24) is 0 Å². The summed E-state index contributed by atoms with van der Waals surface area (Å²) in [5.74, 6) is 2.72. The van der Waals surface area contributed by atoms with E-state index < -0.39 is 0 Å². The van der Waals surface area contributed by atoms with Gasteiger partial charge in [-0.1, -0.05) is 24.6 Å². The molecule has 2 aliphatic carbocycles. The molecule has 0 aromatic carbocycles. The van der Waals surface area contributed by atoms with Gasteiger partial charge in [0.05, 0.1) is 0 Å². The number of allylic oxidation sites excluding steroid dienone is 3. The summed E-state index contributed by atoms with van der Waals surface area (Å²) in [5, 5.41) is 0. The van der Waals surface area contributed by atoms with Crippen LogP contribution in [0.3, 0.4) is 0 Å². The molecule has 3 atom stereocenters. The van der Waals surface area contributed by atoms with Crippen LogP contribution < -0.4 is 0 Å². The second kappa shape index (κ2) is 3.08. The summed E-state index contributed by atoms with van der Waals surface area (Å²) in [6.07, 6.45) is 10.0. The zero-order valence-corrected chi connectivity index (χ0v) is 7.92. The molecule has 2 aliphatic rings. The van der Waals surface area contributed by atoms with E-state index in [2.05, 4.69) is 25.7 Å². The van der Waals surface area contributed by atoms with Crippen molar-refractivity contribution in [2.45, 2.75) is 32.6 Å². The van der Waals surface area contributed by atoms with Gasteiger partial charge >= 0.3 is 0 Å². The number of hydrogen-bond acceptors (Lipinski definition) is 0. The molecule has 2 rings (SSSR count). The predicted molar refractivity (Wildman–Crippen MR) is 52.9 cm³/mol. The van der Waals surface area contributed by atoms with E-state index in [0.717, 1.165) is 17.8 Å². The summed E-state index contributed by atoms with van der Waals surface area (Å²) in [5.41, 5.74) is 1.75. The highest BCUT2D eigenvalue weighted by atomic mass is 14.4. The van der Waals surface area contributed by atoms with Crippen LogP contribution in [0, 0.1) is 17.8 Å². The lowest BCUT2D eigenvalue weighted by Crippen LogP contribution is -2.08. The lowest BCUT2D eigenvalue weighted by molar-refractivity contribution is 0.447. The fourth-order valence-corrected chi connectivity index (χ4v) is 2.97. The van der Waals surface area contributed by atoms with Gasteiger partial charge in [0, 0.05) is 0 Å². The topological polar surface area (TPSA) is 0 Å². The summed E-state index contributed by atoms with van der Waals surface area (Å²) < 4.78 is 0. The van der Waals surface area contributed by atoms with Crippen LogP contribution >= 0.6 is 0 Å². The lowest BCUT2D eigenvalue weighted by Gasteiger charge is -2.20. The van der Waals surface area contributed by atoms with Gasteiger partial charge in [0.25, 0.3) is 0 Å². The van der Waals surface area contributed by atoms with E-state index in [4.69, 9.17) is 0 Å². The van der Waals surface area contributed by atoms with Crippen molar-refractivity contribution in [2.75, 3.05) is 0 Å². The van der Waals surface area contributed by atoms with E-state index >= 15 is 0 Å². The van der Waals surface area contributed by atoms with Crippen LogP contribution in [0.2, 0.25) is 0 Å². The number of rotatable bonds is 2. The number of hydrogen-bond donors (Lipinski definition) is 0. The average molecular weight is 162 g/mol. The van der Waals surface area contributed by atoms with Crippen LogP contribution in [0.1, 0.15) is 32.6 Å². The Kier molecular flexibility index (Phi) is 2.08. The molecule has 2 bridgehead atoms. The van der Waals surface area contributed by atoms with Gasteiger partial charge in [-0.25, -0.2) is 0 Å². The molecule has 0 nitrogen and oxygen atoms in total. The third kappa shape index (κ3) is 1.14. The molecular formula is C12H18. The molecular weight excluding hydrogens is 144 g/mol. The molecule has 0 heteroatoms. The highest BCUT2D eigenvalue weighted by Crippen LogP contribution is 2.51. The lowest BCUT2D eigenvalue weighted by atomic mass is 9.85. The van der Waals surface area contributed by atoms with Crippen LogP contribution in [0.5, 0.6) is 0 Å². The Balaban J connectivity index is 2.07. The van der Waals surface area contributed by atoms with Crippen molar-refractivity contribution in [3.8, 4) is 0 Å². The van der Waals surface area contributed by atoms with Gasteiger partial charge < -0.3 is 0 Å². The van der Waals surface area contributed by atoms with Crippen LogP contribution in [0.25, 0.3) is 0 Å². The molecule has 12 heavy (non-hydrogen) atoms. The third-order valence-electron chi connectivity index (χ3n) is 3.54. The minimum Gasteiger partial charge on any atom is -0.103 e. The van der Waals surface area contributed by atoms with Gasteiger partial charge in [0.15, 0.2) is 0 Å². The molecule has 0 saturated heterocycles. The first-order valence-electron chi connectivity index (χ1n) is 5.16. The minimum absolute atomic E-state index is 0.837. The van der Waals surface area contributed by atoms with Crippen molar-refractivity contribution in [2.24, 2.45) is 17.8 Å². The maximum Gasteiger partial charge on any atom is -0.0194 e. The highest BCUT2D eigenvalue weighted by Gasteiger charge is 2.40. The average Bonchev–Trinajstić information content (AvgIpc) is 2.62. The molecule has 0 aromatic heterocycles. The first-order valence-corrected chi connectivity index (χ1v) is 5.16. The van der Waals surface area contributed by atoms with Gasteiger partial charge in [-0.3, -0.25) is 0 Å². The second-order valence-corrected chi connectivity index (χ2v) is 4.22. The number of fused-ring (bicyclic) bond motifs is 2. The van der Waals surface area contributed by atoms with Gasteiger partial charge in [0.1, 0.15) is 0 Å². The fourth-order valence-electron chi connectivity index (χ4n) is 2.97. The van der Waals surface area contributed by atoms with E-state index in [9.17, 15) is 0 Å². The molecule has 3 unspecified atom stereocenters. The Labute approximate surface area is 75.4 Å². The zero-order valence-electron chi connectivity index (χ0n) is 7.92. The van der Waals surface area contributed by atoms with E-state index in [1.165, 1.54) is 25.7 Å². The molecule has 0 radical (unpaired) electrons. The van der Waals surface area contributed by atoms with Crippen molar-refractivity contribution < 1.29 is 0 Å². The maximum absolute atomic E-state index is 3.91. The minimum atomic E-state index is 0.837. The zero-order chi connectivity index (χ0) is 8.55. The molecule has 66 valence electrons. The SMILES string of the molecule is C=CC1CC2CC1CC2=CCC. The summed E-state index contributed by atoms with van der Waals surface area (Å²) >= 11 is 0. The van der Waals surface area contributed by atoms with Gasteiger partial charge in [-0.2, -0.15) is 0 Å².